The van der Waals surface area contributed by atoms with E-state index in [2.05, 4.69) is 30.6 Å². The first kappa shape index (κ1) is 18.6. The molecule has 0 radical (unpaired) electrons. The lowest BCUT2D eigenvalue weighted by Gasteiger charge is -2.17. The average molecular weight is 390 g/mol. The average Bonchev–Trinajstić information content (AvgIpc) is 3.41. The summed E-state index contributed by atoms with van der Waals surface area (Å²) in [6.07, 6.45) is 8.40. The molecule has 148 valence electrons. The third-order valence-corrected chi connectivity index (χ3v) is 4.78. The molecule has 0 aliphatic carbocycles. The summed E-state index contributed by atoms with van der Waals surface area (Å²) in [5.74, 6) is 0.557. The smallest absolute Gasteiger partial charge is 0.276 e. The van der Waals surface area contributed by atoms with Gasteiger partial charge < -0.3 is 20.9 Å². The van der Waals surface area contributed by atoms with Crippen LogP contribution >= 0.6 is 0 Å². The molecule has 3 aromatic rings. The number of carbonyl (C=O) groups excluding carboxylic acids is 1. The van der Waals surface area contributed by atoms with Crippen molar-refractivity contribution in [1.82, 2.24) is 24.9 Å². The minimum absolute atomic E-state index is 0.310. The van der Waals surface area contributed by atoms with Crippen molar-refractivity contribution in [2.75, 3.05) is 30.4 Å². The van der Waals surface area contributed by atoms with E-state index in [1.54, 1.807) is 37.6 Å². The van der Waals surface area contributed by atoms with Crippen molar-refractivity contribution in [3.05, 3.63) is 54.2 Å². The quantitative estimate of drug-likeness (QED) is 0.557. The van der Waals surface area contributed by atoms with Crippen LogP contribution in [0.4, 0.5) is 11.5 Å². The van der Waals surface area contributed by atoms with Crippen molar-refractivity contribution in [3.8, 4) is 0 Å². The zero-order chi connectivity index (χ0) is 20.2. The van der Waals surface area contributed by atoms with E-state index in [1.807, 2.05) is 6.07 Å². The molecule has 1 aliphatic heterocycles. The number of hydrogen-bond donors (Lipinski definition) is 3. The van der Waals surface area contributed by atoms with E-state index in [9.17, 15) is 4.79 Å². The molecule has 29 heavy (non-hydrogen) atoms. The molecule has 9 heteroatoms. The molecule has 1 amide bonds. The number of pyridine rings is 1. The Hall–Kier alpha value is -3.75. The molecule has 3 N–H and O–H groups in total. The molecule has 0 unspecified atom stereocenters. The lowest BCUT2D eigenvalue weighted by molar-refractivity contribution is 0.102. The second-order valence-electron chi connectivity index (χ2n) is 6.72. The van der Waals surface area contributed by atoms with E-state index in [4.69, 9.17) is 5.41 Å². The Kier molecular flexibility index (Phi) is 5.19. The van der Waals surface area contributed by atoms with Gasteiger partial charge in [-0.25, -0.2) is 14.5 Å². The predicted octanol–water partition coefficient (Wildman–Crippen LogP) is 2.19. The van der Waals surface area contributed by atoms with Gasteiger partial charge in [-0.3, -0.25) is 4.79 Å². The van der Waals surface area contributed by atoms with Gasteiger partial charge in [-0.1, -0.05) is 0 Å². The third-order valence-electron chi connectivity index (χ3n) is 4.78. The van der Waals surface area contributed by atoms with Crippen LogP contribution in [0.1, 0.15) is 29.0 Å². The molecular weight excluding hydrogens is 368 g/mol. The zero-order valence-corrected chi connectivity index (χ0v) is 16.1. The van der Waals surface area contributed by atoms with Crippen molar-refractivity contribution >= 4 is 34.8 Å². The number of nitrogens with zero attached hydrogens (tertiary/aromatic N) is 5. The van der Waals surface area contributed by atoms with Crippen molar-refractivity contribution < 1.29 is 4.79 Å². The number of hydrogen-bond acceptors (Lipinski definition) is 7. The van der Waals surface area contributed by atoms with Crippen LogP contribution in [0.5, 0.6) is 0 Å². The first-order valence-electron chi connectivity index (χ1n) is 9.45. The van der Waals surface area contributed by atoms with E-state index >= 15 is 0 Å². The summed E-state index contributed by atoms with van der Waals surface area (Å²) in [7, 11) is 1.75. The lowest BCUT2D eigenvalue weighted by Crippen LogP contribution is -2.20. The van der Waals surface area contributed by atoms with Crippen LogP contribution in [0.3, 0.4) is 0 Å². The van der Waals surface area contributed by atoms with E-state index in [0.717, 1.165) is 31.7 Å². The summed E-state index contributed by atoms with van der Waals surface area (Å²) in [5.41, 5.74) is 2.71. The van der Waals surface area contributed by atoms with Crippen molar-refractivity contribution in [2.45, 2.75) is 12.8 Å². The molecule has 9 nitrogen and oxygen atoms in total. The normalized spacial score (nSPS) is 14.2. The van der Waals surface area contributed by atoms with Gasteiger partial charge in [0.2, 0.25) is 0 Å². The summed E-state index contributed by atoms with van der Waals surface area (Å²) >= 11 is 0. The first-order chi connectivity index (χ1) is 14.2. The highest BCUT2D eigenvalue weighted by Gasteiger charge is 2.17. The monoisotopic (exact) mass is 390 g/mol. The highest BCUT2D eigenvalue weighted by atomic mass is 16.2. The summed E-state index contributed by atoms with van der Waals surface area (Å²) in [6.45, 7) is 1.97. The summed E-state index contributed by atoms with van der Waals surface area (Å²) in [6, 6.07) is 7.18. The van der Waals surface area contributed by atoms with E-state index in [1.165, 1.54) is 16.9 Å². The fraction of sp³-hybridized carbons (Fsp3) is 0.250. The third kappa shape index (κ3) is 3.79. The molecule has 4 heterocycles. The fourth-order valence-electron chi connectivity index (χ4n) is 3.34. The SMILES string of the molecule is CN/C=C(\C=N)c1ccc2ncc(C(=O)Nc3ccnc(N4CCCC4)c3)n2n1. The van der Waals surface area contributed by atoms with Gasteiger partial charge >= 0.3 is 0 Å². The Labute approximate surface area is 168 Å². The Bertz CT molecular complexity index is 1080. The number of allylic oxidation sites excluding steroid dienone is 1. The molecule has 1 saturated heterocycles. The van der Waals surface area contributed by atoms with Gasteiger partial charge in [-0.15, -0.1) is 0 Å². The van der Waals surface area contributed by atoms with Gasteiger partial charge in [0.15, 0.2) is 11.3 Å². The van der Waals surface area contributed by atoms with Crippen LogP contribution in [0, 0.1) is 5.41 Å². The molecule has 3 aromatic heterocycles. The second-order valence-corrected chi connectivity index (χ2v) is 6.72. The topological polar surface area (TPSA) is 111 Å². The summed E-state index contributed by atoms with van der Waals surface area (Å²) < 4.78 is 1.49. The van der Waals surface area contributed by atoms with Crippen molar-refractivity contribution in [1.29, 1.82) is 5.41 Å². The predicted molar refractivity (Wildman–Crippen MR) is 112 cm³/mol. The number of amides is 1. The fourth-order valence-corrected chi connectivity index (χ4v) is 3.34. The van der Waals surface area contributed by atoms with Gasteiger partial charge in [0.05, 0.1) is 11.9 Å². The zero-order valence-electron chi connectivity index (χ0n) is 16.1. The number of anilines is 2. The second kappa shape index (κ2) is 8.09. The summed E-state index contributed by atoms with van der Waals surface area (Å²) in [5, 5.41) is 17.8. The minimum Gasteiger partial charge on any atom is -0.393 e. The van der Waals surface area contributed by atoms with Crippen LogP contribution in [0.25, 0.3) is 11.2 Å². The molecule has 4 rings (SSSR count). The Morgan fingerprint density at radius 1 is 1.21 bits per heavy atom. The van der Waals surface area contributed by atoms with E-state index in [0.29, 0.717) is 28.3 Å². The van der Waals surface area contributed by atoms with Gasteiger partial charge in [0, 0.05) is 56.1 Å². The van der Waals surface area contributed by atoms with Crippen LogP contribution in [0.2, 0.25) is 0 Å². The molecule has 0 saturated carbocycles. The van der Waals surface area contributed by atoms with Gasteiger partial charge in [-0.2, -0.15) is 5.10 Å². The Morgan fingerprint density at radius 3 is 2.79 bits per heavy atom. The van der Waals surface area contributed by atoms with Gasteiger partial charge in [-0.05, 0) is 31.0 Å². The standard InChI is InChI=1S/C20H22N8O/c1-22-12-14(11-21)16-4-5-18-24-13-17(28(18)26-16)20(29)25-15-6-7-23-19(10-15)27-8-2-3-9-27/h4-7,10-13,21-22H,2-3,8-9H2,1H3,(H,23,25,29)/b14-12+,21-11?. The minimum atomic E-state index is -0.310. The maximum absolute atomic E-state index is 12.9. The van der Waals surface area contributed by atoms with Crippen molar-refractivity contribution in [2.24, 2.45) is 0 Å². The largest absolute Gasteiger partial charge is 0.393 e. The van der Waals surface area contributed by atoms with Crippen LogP contribution in [-0.4, -0.2) is 51.8 Å². The number of rotatable bonds is 6. The maximum Gasteiger partial charge on any atom is 0.276 e. The molecule has 0 spiro atoms. The molecule has 0 aromatic carbocycles. The lowest BCUT2D eigenvalue weighted by atomic mass is 10.2. The number of imidazole rings is 1. The van der Waals surface area contributed by atoms with Crippen LogP contribution in [0.15, 0.2) is 42.9 Å². The Morgan fingerprint density at radius 2 is 2.03 bits per heavy atom. The molecule has 0 bridgehead atoms. The van der Waals surface area contributed by atoms with Crippen LogP contribution < -0.4 is 15.5 Å². The molecular formula is C20H22N8O. The van der Waals surface area contributed by atoms with Crippen molar-refractivity contribution in [3.63, 3.8) is 0 Å². The first-order valence-corrected chi connectivity index (χ1v) is 9.45. The summed E-state index contributed by atoms with van der Waals surface area (Å²) in [4.78, 5) is 23.8. The molecule has 1 aliphatic rings. The Balaban J connectivity index is 1.61. The maximum atomic E-state index is 12.9. The van der Waals surface area contributed by atoms with E-state index < -0.39 is 0 Å². The molecule has 0 atom stereocenters. The highest BCUT2D eigenvalue weighted by Crippen LogP contribution is 2.21. The number of aromatic nitrogens is 4. The number of nitrogens with one attached hydrogen (secondary N) is 3. The number of carbonyl (C=O) groups is 1. The number of fused-ring (bicyclic) bond motifs is 1. The van der Waals surface area contributed by atoms with Gasteiger partial charge in [0.25, 0.3) is 5.91 Å². The highest BCUT2D eigenvalue weighted by molar-refractivity contribution is 6.07. The van der Waals surface area contributed by atoms with E-state index in [-0.39, 0.29) is 5.91 Å². The molecule has 1 fully saturated rings. The van der Waals surface area contributed by atoms with Crippen LogP contribution in [-0.2, 0) is 0 Å². The van der Waals surface area contributed by atoms with Gasteiger partial charge in [0.1, 0.15) is 5.82 Å².